The average Bonchev–Trinajstić information content (AvgIpc) is 2.48. The Bertz CT molecular complexity index is 245. The monoisotopic (exact) mass is 282 g/mol. The number of nitrogens with one attached hydrogen (secondary N) is 1. The minimum atomic E-state index is 0.565. The van der Waals surface area contributed by atoms with Gasteiger partial charge in [0.2, 0.25) is 0 Å². The molecule has 0 bridgehead atoms. The number of piperidine rings is 1. The summed E-state index contributed by atoms with van der Waals surface area (Å²) < 4.78 is 5.98. The molecule has 1 saturated heterocycles. The molecule has 2 aliphatic rings. The molecule has 3 nitrogen and oxygen atoms in total. The summed E-state index contributed by atoms with van der Waals surface area (Å²) in [6.07, 6.45) is 11.2. The first-order valence-electron chi connectivity index (χ1n) is 8.79. The van der Waals surface area contributed by atoms with E-state index in [1.165, 1.54) is 58.0 Å². The van der Waals surface area contributed by atoms with Gasteiger partial charge in [-0.3, -0.25) is 0 Å². The summed E-state index contributed by atoms with van der Waals surface area (Å²) in [5, 5.41) is 3.71. The third-order valence-electron chi connectivity index (χ3n) is 5.16. The van der Waals surface area contributed by atoms with Crippen LogP contribution in [0.4, 0.5) is 0 Å². The van der Waals surface area contributed by atoms with E-state index >= 15 is 0 Å². The molecule has 2 fully saturated rings. The molecule has 1 aliphatic heterocycles. The van der Waals surface area contributed by atoms with Crippen molar-refractivity contribution in [2.75, 3.05) is 33.3 Å². The first-order valence-corrected chi connectivity index (χ1v) is 8.79. The molecule has 20 heavy (non-hydrogen) atoms. The van der Waals surface area contributed by atoms with Gasteiger partial charge in [-0.1, -0.05) is 19.3 Å². The van der Waals surface area contributed by atoms with Gasteiger partial charge >= 0.3 is 0 Å². The van der Waals surface area contributed by atoms with Crippen molar-refractivity contribution in [1.29, 1.82) is 0 Å². The molecule has 2 rings (SSSR count). The average molecular weight is 282 g/mol. The zero-order valence-electron chi connectivity index (χ0n) is 13.6. The predicted molar refractivity (Wildman–Crippen MR) is 85.1 cm³/mol. The minimum Gasteiger partial charge on any atom is -0.378 e. The maximum Gasteiger partial charge on any atom is 0.0575 e. The van der Waals surface area contributed by atoms with Crippen LogP contribution in [0.1, 0.15) is 58.3 Å². The smallest absolute Gasteiger partial charge is 0.0575 e. The summed E-state index contributed by atoms with van der Waals surface area (Å²) in [5.41, 5.74) is 0. The second-order valence-electron chi connectivity index (χ2n) is 6.87. The molecule has 1 aliphatic carbocycles. The summed E-state index contributed by atoms with van der Waals surface area (Å²) in [6, 6.07) is 0.665. The molecule has 1 atom stereocenters. The van der Waals surface area contributed by atoms with Gasteiger partial charge in [0.1, 0.15) is 0 Å². The Morgan fingerprint density at radius 3 is 2.50 bits per heavy atom. The van der Waals surface area contributed by atoms with Gasteiger partial charge in [0.15, 0.2) is 0 Å². The second kappa shape index (κ2) is 9.01. The Kier molecular flexibility index (Phi) is 7.32. The van der Waals surface area contributed by atoms with E-state index in [-0.39, 0.29) is 0 Å². The second-order valence-corrected chi connectivity index (χ2v) is 6.87. The fourth-order valence-corrected chi connectivity index (χ4v) is 3.58. The Hall–Kier alpha value is -0.120. The Morgan fingerprint density at radius 1 is 1.10 bits per heavy atom. The number of ether oxygens (including phenoxy) is 1. The van der Waals surface area contributed by atoms with Crippen LogP contribution in [0.25, 0.3) is 0 Å². The van der Waals surface area contributed by atoms with Crippen molar-refractivity contribution in [3.8, 4) is 0 Å². The van der Waals surface area contributed by atoms with Gasteiger partial charge < -0.3 is 15.0 Å². The van der Waals surface area contributed by atoms with Gasteiger partial charge in [-0.15, -0.1) is 0 Å². The maximum atomic E-state index is 5.98. The number of nitrogens with zero attached hydrogens (tertiary/aromatic N) is 1. The van der Waals surface area contributed by atoms with E-state index in [4.69, 9.17) is 4.74 Å². The van der Waals surface area contributed by atoms with Crippen LogP contribution in [0.2, 0.25) is 0 Å². The zero-order valence-corrected chi connectivity index (χ0v) is 13.6. The summed E-state index contributed by atoms with van der Waals surface area (Å²) in [5.74, 6) is 0.866. The normalized spacial score (nSPS) is 24.9. The lowest BCUT2D eigenvalue weighted by Gasteiger charge is -2.33. The van der Waals surface area contributed by atoms with Crippen molar-refractivity contribution in [1.82, 2.24) is 10.2 Å². The van der Waals surface area contributed by atoms with Crippen molar-refractivity contribution in [3.05, 3.63) is 0 Å². The molecule has 0 aromatic rings. The third-order valence-corrected chi connectivity index (χ3v) is 5.16. The number of hydrogen-bond acceptors (Lipinski definition) is 3. The molecule has 0 aromatic heterocycles. The van der Waals surface area contributed by atoms with Crippen molar-refractivity contribution in [2.45, 2.75) is 70.4 Å². The van der Waals surface area contributed by atoms with Crippen LogP contribution in [0.15, 0.2) is 0 Å². The molecule has 0 spiro atoms. The highest BCUT2D eigenvalue weighted by molar-refractivity contribution is 4.78. The summed E-state index contributed by atoms with van der Waals surface area (Å²) in [6.45, 7) is 6.94. The molecule has 0 radical (unpaired) electrons. The van der Waals surface area contributed by atoms with Gasteiger partial charge in [-0.25, -0.2) is 0 Å². The van der Waals surface area contributed by atoms with Crippen LogP contribution >= 0.6 is 0 Å². The van der Waals surface area contributed by atoms with Crippen molar-refractivity contribution >= 4 is 0 Å². The molecule has 1 N–H and O–H groups in total. The van der Waals surface area contributed by atoms with Gasteiger partial charge in [-0.2, -0.15) is 0 Å². The fourth-order valence-electron chi connectivity index (χ4n) is 3.58. The minimum absolute atomic E-state index is 0.565. The van der Waals surface area contributed by atoms with Crippen LogP contribution < -0.4 is 5.32 Å². The third kappa shape index (κ3) is 5.71. The van der Waals surface area contributed by atoms with E-state index in [9.17, 15) is 0 Å². The molecule has 1 unspecified atom stereocenters. The highest BCUT2D eigenvalue weighted by Gasteiger charge is 2.21. The van der Waals surface area contributed by atoms with Crippen molar-refractivity contribution < 1.29 is 4.74 Å². The lowest BCUT2D eigenvalue weighted by atomic mass is 9.90. The molecule has 1 heterocycles. The van der Waals surface area contributed by atoms with E-state index in [1.54, 1.807) is 0 Å². The highest BCUT2D eigenvalue weighted by atomic mass is 16.5. The number of likely N-dealkylation sites (tertiary alicyclic amines) is 1. The topological polar surface area (TPSA) is 24.5 Å². The first kappa shape index (κ1) is 16.3. The highest BCUT2D eigenvalue weighted by Crippen LogP contribution is 2.21. The van der Waals surface area contributed by atoms with Crippen LogP contribution in [-0.2, 0) is 4.74 Å². The van der Waals surface area contributed by atoms with E-state index in [2.05, 4.69) is 24.2 Å². The summed E-state index contributed by atoms with van der Waals surface area (Å²) >= 11 is 0. The van der Waals surface area contributed by atoms with E-state index in [0.29, 0.717) is 12.1 Å². The zero-order chi connectivity index (χ0) is 14.2. The number of hydrogen-bond donors (Lipinski definition) is 1. The van der Waals surface area contributed by atoms with E-state index in [1.807, 2.05) is 0 Å². The van der Waals surface area contributed by atoms with Gasteiger partial charge in [0, 0.05) is 12.6 Å². The van der Waals surface area contributed by atoms with Crippen molar-refractivity contribution in [3.63, 3.8) is 0 Å². The fraction of sp³-hybridized carbons (Fsp3) is 1.00. The number of rotatable bonds is 7. The Morgan fingerprint density at radius 2 is 1.80 bits per heavy atom. The van der Waals surface area contributed by atoms with E-state index < -0.39 is 0 Å². The molecule has 1 saturated carbocycles. The predicted octanol–water partition coefficient (Wildman–Crippen LogP) is 3.05. The Labute approximate surface area is 125 Å². The quantitative estimate of drug-likeness (QED) is 0.726. The first-order chi connectivity index (χ1) is 9.75. The molecule has 3 heteroatoms. The van der Waals surface area contributed by atoms with Crippen LogP contribution in [0, 0.1) is 5.92 Å². The van der Waals surface area contributed by atoms with Crippen LogP contribution in [-0.4, -0.2) is 50.3 Å². The van der Waals surface area contributed by atoms with Crippen LogP contribution in [0.3, 0.4) is 0 Å². The van der Waals surface area contributed by atoms with Crippen LogP contribution in [0.5, 0.6) is 0 Å². The molecule has 0 amide bonds. The largest absolute Gasteiger partial charge is 0.378 e. The van der Waals surface area contributed by atoms with Gasteiger partial charge in [-0.05, 0) is 71.6 Å². The molecular formula is C17H34N2O. The van der Waals surface area contributed by atoms with Gasteiger partial charge in [0.05, 0.1) is 6.10 Å². The molecule has 0 aromatic carbocycles. The molecule has 118 valence electrons. The maximum absolute atomic E-state index is 5.98. The SMILES string of the molecule is CC(NCCCOC1CCCCC1)C1CCN(C)CC1. The van der Waals surface area contributed by atoms with Crippen molar-refractivity contribution in [2.24, 2.45) is 5.92 Å². The summed E-state index contributed by atoms with van der Waals surface area (Å²) in [4.78, 5) is 2.45. The molecular weight excluding hydrogens is 248 g/mol. The van der Waals surface area contributed by atoms with E-state index in [0.717, 1.165) is 25.5 Å². The van der Waals surface area contributed by atoms with Gasteiger partial charge in [0.25, 0.3) is 0 Å². The summed E-state index contributed by atoms with van der Waals surface area (Å²) in [7, 11) is 2.23. The Balaban J connectivity index is 1.47. The lowest BCUT2D eigenvalue weighted by Crippen LogP contribution is -2.41. The lowest BCUT2D eigenvalue weighted by molar-refractivity contribution is 0.0268. The standard InChI is InChI=1S/C17H34N2O/c1-15(16-9-12-19(2)13-10-16)18-11-6-14-20-17-7-4-3-5-8-17/h15-18H,3-14H2,1-2H3.